The van der Waals surface area contributed by atoms with Crippen LogP contribution in [0.15, 0.2) is 36.4 Å². The fourth-order valence-corrected chi connectivity index (χ4v) is 2.98. The first kappa shape index (κ1) is 18.9. The maximum Gasteiger partial charge on any atom is 0.253 e. The number of hydrogen-bond acceptors (Lipinski definition) is 2. The fourth-order valence-electron chi connectivity index (χ4n) is 2.98. The third-order valence-corrected chi connectivity index (χ3v) is 4.54. The van der Waals surface area contributed by atoms with Gasteiger partial charge in [0.2, 0.25) is 5.91 Å². The Kier molecular flexibility index (Phi) is 5.43. The minimum atomic E-state index is -1.65. The SMILES string of the molecule is O=C(Nc1ccc(F)c(F)c1F)C1CCN(C(=O)c2ccc(F)cc2)CC1. The van der Waals surface area contributed by atoms with Crippen molar-refractivity contribution in [1.82, 2.24) is 4.90 Å². The third-order valence-electron chi connectivity index (χ3n) is 4.54. The summed E-state index contributed by atoms with van der Waals surface area (Å²) < 4.78 is 52.8. The number of nitrogens with one attached hydrogen (secondary N) is 1. The molecule has 0 unspecified atom stereocenters. The van der Waals surface area contributed by atoms with Crippen LogP contribution in [0.1, 0.15) is 23.2 Å². The Morgan fingerprint density at radius 3 is 2.15 bits per heavy atom. The van der Waals surface area contributed by atoms with E-state index in [0.717, 1.165) is 12.1 Å². The van der Waals surface area contributed by atoms with Gasteiger partial charge in [0.1, 0.15) is 5.82 Å². The van der Waals surface area contributed by atoms with E-state index in [0.29, 0.717) is 31.5 Å². The maximum atomic E-state index is 13.7. The number of piperidine rings is 1. The van der Waals surface area contributed by atoms with Gasteiger partial charge >= 0.3 is 0 Å². The molecule has 0 spiro atoms. The largest absolute Gasteiger partial charge is 0.339 e. The van der Waals surface area contributed by atoms with Gasteiger partial charge in [-0.1, -0.05) is 0 Å². The zero-order valence-corrected chi connectivity index (χ0v) is 14.1. The maximum absolute atomic E-state index is 13.7. The van der Waals surface area contributed by atoms with Crippen molar-refractivity contribution < 1.29 is 27.2 Å². The molecule has 0 bridgehead atoms. The standard InChI is InChI=1S/C19H16F4N2O2/c20-13-3-1-12(2-4-13)19(27)25-9-7-11(8-10-25)18(26)24-15-6-5-14(21)16(22)17(15)23/h1-6,11H,7-10H2,(H,24,26). The normalized spacial score (nSPS) is 14.9. The molecule has 8 heteroatoms. The van der Waals surface area contributed by atoms with Crippen LogP contribution in [0, 0.1) is 29.2 Å². The van der Waals surface area contributed by atoms with Crippen molar-refractivity contribution in [1.29, 1.82) is 0 Å². The van der Waals surface area contributed by atoms with Crippen LogP contribution in [0.2, 0.25) is 0 Å². The summed E-state index contributed by atoms with van der Waals surface area (Å²) in [6, 6.07) is 6.87. The van der Waals surface area contributed by atoms with Gasteiger partial charge in [0.25, 0.3) is 5.91 Å². The Morgan fingerprint density at radius 1 is 0.889 bits per heavy atom. The van der Waals surface area contributed by atoms with Crippen molar-refractivity contribution in [3.63, 3.8) is 0 Å². The average molecular weight is 380 g/mol. The number of benzene rings is 2. The Hall–Kier alpha value is -2.90. The lowest BCUT2D eigenvalue weighted by atomic mass is 9.95. The van der Waals surface area contributed by atoms with Crippen molar-refractivity contribution >= 4 is 17.5 Å². The molecule has 2 amide bonds. The number of likely N-dealkylation sites (tertiary alicyclic amines) is 1. The first-order valence-corrected chi connectivity index (χ1v) is 8.36. The molecule has 0 radical (unpaired) electrons. The number of rotatable bonds is 3. The lowest BCUT2D eigenvalue weighted by Crippen LogP contribution is -2.41. The molecule has 4 nitrogen and oxygen atoms in total. The summed E-state index contributed by atoms with van der Waals surface area (Å²) in [6.45, 7) is 0.600. The predicted molar refractivity (Wildman–Crippen MR) is 90.0 cm³/mol. The van der Waals surface area contributed by atoms with E-state index < -0.39 is 40.8 Å². The summed E-state index contributed by atoms with van der Waals surface area (Å²) >= 11 is 0. The summed E-state index contributed by atoms with van der Waals surface area (Å²) in [5, 5.41) is 2.26. The van der Waals surface area contributed by atoms with Crippen molar-refractivity contribution in [3.8, 4) is 0 Å². The first-order valence-electron chi connectivity index (χ1n) is 8.36. The molecule has 0 aromatic heterocycles. The molecule has 1 aliphatic heterocycles. The van der Waals surface area contributed by atoms with E-state index in [2.05, 4.69) is 5.32 Å². The summed E-state index contributed by atoms with van der Waals surface area (Å²) in [7, 11) is 0. The Bertz CT molecular complexity index is 863. The van der Waals surface area contributed by atoms with Crippen LogP contribution in [0.3, 0.4) is 0 Å². The van der Waals surface area contributed by atoms with Gasteiger partial charge in [0.15, 0.2) is 17.5 Å². The van der Waals surface area contributed by atoms with Gasteiger partial charge in [0, 0.05) is 24.6 Å². The molecule has 1 fully saturated rings. The highest BCUT2D eigenvalue weighted by atomic mass is 19.2. The van der Waals surface area contributed by atoms with Gasteiger partial charge in [-0.05, 0) is 49.2 Å². The second kappa shape index (κ2) is 7.77. The molecular formula is C19H16F4N2O2. The van der Waals surface area contributed by atoms with E-state index in [4.69, 9.17) is 0 Å². The van der Waals surface area contributed by atoms with Crippen molar-refractivity contribution in [2.75, 3.05) is 18.4 Å². The monoisotopic (exact) mass is 380 g/mol. The molecule has 1 saturated heterocycles. The van der Waals surface area contributed by atoms with Crippen molar-refractivity contribution in [3.05, 3.63) is 65.2 Å². The van der Waals surface area contributed by atoms with Crippen LogP contribution in [0.5, 0.6) is 0 Å². The molecule has 2 aromatic carbocycles. The number of anilines is 1. The van der Waals surface area contributed by atoms with E-state index in [9.17, 15) is 27.2 Å². The van der Waals surface area contributed by atoms with Gasteiger partial charge in [0.05, 0.1) is 5.69 Å². The molecule has 0 atom stereocenters. The molecule has 142 valence electrons. The highest BCUT2D eigenvalue weighted by molar-refractivity contribution is 5.95. The number of carbonyl (C=O) groups excluding carboxylic acids is 2. The van der Waals surface area contributed by atoms with Crippen LogP contribution < -0.4 is 5.32 Å². The topological polar surface area (TPSA) is 49.4 Å². The molecule has 3 rings (SSSR count). The van der Waals surface area contributed by atoms with Crippen LogP contribution >= 0.6 is 0 Å². The van der Waals surface area contributed by atoms with Gasteiger partial charge < -0.3 is 10.2 Å². The van der Waals surface area contributed by atoms with E-state index >= 15 is 0 Å². The fraction of sp³-hybridized carbons (Fsp3) is 0.263. The van der Waals surface area contributed by atoms with E-state index in [1.165, 1.54) is 24.3 Å². The minimum absolute atomic E-state index is 0.263. The Balaban J connectivity index is 1.59. The summed E-state index contributed by atoms with van der Waals surface area (Å²) in [4.78, 5) is 26.2. The zero-order valence-electron chi connectivity index (χ0n) is 14.1. The smallest absolute Gasteiger partial charge is 0.253 e. The predicted octanol–water partition coefficient (Wildman–Crippen LogP) is 3.73. The van der Waals surface area contributed by atoms with Crippen LogP contribution in [-0.2, 0) is 4.79 Å². The van der Waals surface area contributed by atoms with Crippen molar-refractivity contribution in [2.24, 2.45) is 5.92 Å². The lowest BCUT2D eigenvalue weighted by molar-refractivity contribution is -0.121. The van der Waals surface area contributed by atoms with Crippen LogP contribution in [0.25, 0.3) is 0 Å². The zero-order chi connectivity index (χ0) is 19.6. The Labute approximate surface area is 152 Å². The number of hydrogen-bond donors (Lipinski definition) is 1. The Morgan fingerprint density at radius 2 is 1.52 bits per heavy atom. The van der Waals surface area contributed by atoms with Gasteiger partial charge in [-0.25, -0.2) is 17.6 Å². The van der Waals surface area contributed by atoms with Gasteiger partial charge in [-0.15, -0.1) is 0 Å². The second-order valence-corrected chi connectivity index (χ2v) is 6.29. The molecule has 27 heavy (non-hydrogen) atoms. The third kappa shape index (κ3) is 4.10. The number of halogens is 4. The van der Waals surface area contributed by atoms with Gasteiger partial charge in [-0.3, -0.25) is 9.59 Å². The van der Waals surface area contributed by atoms with Gasteiger partial charge in [-0.2, -0.15) is 0 Å². The highest BCUT2D eigenvalue weighted by Crippen LogP contribution is 2.24. The number of amides is 2. The molecule has 0 saturated carbocycles. The molecular weight excluding hydrogens is 364 g/mol. The highest BCUT2D eigenvalue weighted by Gasteiger charge is 2.28. The van der Waals surface area contributed by atoms with Crippen LogP contribution in [0.4, 0.5) is 23.2 Å². The van der Waals surface area contributed by atoms with E-state index in [-0.39, 0.29) is 5.91 Å². The summed E-state index contributed by atoms with van der Waals surface area (Å²) in [5.41, 5.74) is -0.0770. The summed E-state index contributed by atoms with van der Waals surface area (Å²) in [5.74, 6) is -6.15. The second-order valence-electron chi connectivity index (χ2n) is 6.29. The molecule has 1 heterocycles. The molecule has 1 aliphatic rings. The molecule has 0 aliphatic carbocycles. The lowest BCUT2D eigenvalue weighted by Gasteiger charge is -2.31. The van der Waals surface area contributed by atoms with Crippen LogP contribution in [-0.4, -0.2) is 29.8 Å². The van der Waals surface area contributed by atoms with E-state index in [1.807, 2.05) is 0 Å². The average Bonchev–Trinajstić information content (AvgIpc) is 2.68. The minimum Gasteiger partial charge on any atom is -0.339 e. The van der Waals surface area contributed by atoms with E-state index in [1.54, 1.807) is 4.90 Å². The molecule has 2 aromatic rings. The quantitative estimate of drug-likeness (QED) is 0.652. The van der Waals surface area contributed by atoms with Crippen molar-refractivity contribution in [2.45, 2.75) is 12.8 Å². The molecule has 1 N–H and O–H groups in total. The first-order chi connectivity index (χ1) is 12.9. The summed E-state index contributed by atoms with van der Waals surface area (Å²) in [6.07, 6.45) is 0.675. The number of nitrogens with zero attached hydrogens (tertiary/aromatic N) is 1. The number of carbonyl (C=O) groups is 2.